The Morgan fingerprint density at radius 1 is 0.458 bits per heavy atom. The van der Waals surface area contributed by atoms with Crippen LogP contribution < -0.4 is 15.1 Å². The van der Waals surface area contributed by atoms with E-state index in [2.05, 4.69) is 152 Å². The first-order valence-electron chi connectivity index (χ1n) is 16.3. The summed E-state index contributed by atoms with van der Waals surface area (Å²) in [5, 5.41) is 2.56. The molecule has 0 bridgehead atoms. The lowest BCUT2D eigenvalue weighted by atomic mass is 10.2. The number of fused-ring (bicyclic) bond motifs is 12. The predicted molar refractivity (Wildman–Crippen MR) is 196 cm³/mol. The molecule has 1 aliphatic heterocycles. The van der Waals surface area contributed by atoms with Crippen LogP contribution in [0.4, 0.5) is 0 Å². The van der Waals surface area contributed by atoms with E-state index in [4.69, 9.17) is 14.7 Å². The highest BCUT2D eigenvalue weighted by molar-refractivity contribution is 7.01. The summed E-state index contributed by atoms with van der Waals surface area (Å²) in [5.74, 6) is 3.65. The van der Waals surface area contributed by atoms with Crippen LogP contribution in [0.5, 0.6) is 11.5 Å². The maximum absolute atomic E-state index is 6.79. The topological polar surface area (TPSA) is 53.7 Å². The quantitative estimate of drug-likeness (QED) is 0.180. The van der Waals surface area contributed by atoms with Crippen molar-refractivity contribution >= 4 is 74.1 Å². The standard InChI is InChI=1S/C40H28N6OSi/c1-48(2)37-22-20-25(43-31-15-7-9-17-33(31)45-29-13-5-3-11-27(29)41-39(43)45)23-36(37)47-35-21-19-26(24-38(35)48)44-32-16-8-10-18-34(32)46-30-14-6-4-12-28(30)42-40(44)46/h3-24H,1-2H3. The van der Waals surface area contributed by atoms with E-state index in [9.17, 15) is 0 Å². The van der Waals surface area contributed by atoms with Crippen molar-refractivity contribution in [2.75, 3.05) is 0 Å². The molecule has 0 saturated heterocycles. The van der Waals surface area contributed by atoms with Crippen LogP contribution in [0, 0.1) is 0 Å². The van der Waals surface area contributed by atoms with E-state index < -0.39 is 8.07 Å². The summed E-state index contributed by atoms with van der Waals surface area (Å²) in [6, 6.07) is 47.1. The Morgan fingerprint density at radius 3 is 1.52 bits per heavy atom. The molecule has 10 aromatic rings. The highest BCUT2D eigenvalue weighted by atomic mass is 28.3. The number of imidazole rings is 4. The van der Waals surface area contributed by atoms with E-state index in [-0.39, 0.29) is 0 Å². The van der Waals surface area contributed by atoms with Crippen LogP contribution in [-0.4, -0.2) is 36.0 Å². The van der Waals surface area contributed by atoms with Crippen LogP contribution in [0.2, 0.25) is 13.1 Å². The Labute approximate surface area is 275 Å². The fourth-order valence-electron chi connectivity index (χ4n) is 7.96. The van der Waals surface area contributed by atoms with Gasteiger partial charge in [-0.2, -0.15) is 0 Å². The molecule has 0 fully saturated rings. The number of hydrogen-bond acceptors (Lipinski definition) is 3. The molecule has 48 heavy (non-hydrogen) atoms. The molecule has 4 aromatic heterocycles. The van der Waals surface area contributed by atoms with Crippen LogP contribution in [0.25, 0.3) is 67.1 Å². The van der Waals surface area contributed by atoms with Crippen molar-refractivity contribution in [2.24, 2.45) is 0 Å². The monoisotopic (exact) mass is 636 g/mol. The van der Waals surface area contributed by atoms with Gasteiger partial charge in [-0.1, -0.05) is 67.7 Å². The number of rotatable bonds is 2. The van der Waals surface area contributed by atoms with E-state index in [1.54, 1.807) is 0 Å². The fraction of sp³-hybridized carbons (Fsp3) is 0.0500. The molecule has 5 heterocycles. The molecule has 7 nitrogen and oxygen atoms in total. The lowest BCUT2D eigenvalue weighted by Crippen LogP contribution is -2.56. The molecule has 6 aromatic carbocycles. The maximum atomic E-state index is 6.79. The van der Waals surface area contributed by atoms with Crippen molar-refractivity contribution in [3.8, 4) is 22.9 Å². The average molecular weight is 637 g/mol. The molecule has 1 aliphatic rings. The number of aromatic nitrogens is 6. The lowest BCUT2D eigenvalue weighted by Gasteiger charge is -2.33. The zero-order chi connectivity index (χ0) is 31.7. The van der Waals surface area contributed by atoms with Crippen molar-refractivity contribution in [1.82, 2.24) is 27.9 Å². The molecule has 0 atom stereocenters. The van der Waals surface area contributed by atoms with E-state index in [0.29, 0.717) is 0 Å². The molecular weight excluding hydrogens is 609 g/mol. The van der Waals surface area contributed by atoms with Gasteiger partial charge in [-0.05, 0) is 83.2 Å². The third-order valence-corrected chi connectivity index (χ3v) is 13.7. The highest BCUT2D eigenvalue weighted by Gasteiger charge is 2.37. The van der Waals surface area contributed by atoms with Crippen LogP contribution in [0.1, 0.15) is 0 Å². The lowest BCUT2D eigenvalue weighted by molar-refractivity contribution is 0.486. The first-order valence-corrected chi connectivity index (χ1v) is 19.3. The summed E-state index contributed by atoms with van der Waals surface area (Å²) < 4.78 is 15.9. The molecule has 0 saturated carbocycles. The van der Waals surface area contributed by atoms with E-state index >= 15 is 0 Å². The van der Waals surface area contributed by atoms with Gasteiger partial charge in [0.25, 0.3) is 0 Å². The summed E-state index contributed by atoms with van der Waals surface area (Å²) >= 11 is 0. The van der Waals surface area contributed by atoms with Crippen LogP contribution >= 0.6 is 0 Å². The Hall–Kier alpha value is -6.12. The molecule has 0 unspecified atom stereocenters. The van der Waals surface area contributed by atoms with Crippen molar-refractivity contribution < 1.29 is 4.74 Å². The molecule has 0 radical (unpaired) electrons. The summed E-state index contributed by atoms with van der Waals surface area (Å²) in [6.07, 6.45) is 0. The zero-order valence-corrected chi connectivity index (χ0v) is 27.3. The summed E-state index contributed by atoms with van der Waals surface area (Å²) in [7, 11) is -2.18. The summed E-state index contributed by atoms with van der Waals surface area (Å²) in [6.45, 7) is 4.85. The van der Waals surface area contributed by atoms with Gasteiger partial charge >= 0.3 is 0 Å². The van der Waals surface area contributed by atoms with Crippen LogP contribution in [-0.2, 0) is 0 Å². The molecule has 228 valence electrons. The van der Waals surface area contributed by atoms with E-state index in [1.165, 1.54) is 10.4 Å². The zero-order valence-electron chi connectivity index (χ0n) is 26.3. The minimum Gasteiger partial charge on any atom is -0.458 e. The summed E-state index contributed by atoms with van der Waals surface area (Å²) in [5.41, 5.74) is 10.8. The van der Waals surface area contributed by atoms with Gasteiger partial charge in [0.1, 0.15) is 19.6 Å². The first-order chi connectivity index (χ1) is 23.6. The van der Waals surface area contributed by atoms with Gasteiger partial charge in [0.05, 0.1) is 49.8 Å². The second-order valence-corrected chi connectivity index (χ2v) is 17.5. The summed E-state index contributed by atoms with van der Waals surface area (Å²) in [4.78, 5) is 10.2. The fourth-order valence-corrected chi connectivity index (χ4v) is 10.7. The minimum atomic E-state index is -2.18. The molecule has 11 rings (SSSR count). The second-order valence-electron chi connectivity index (χ2n) is 13.2. The van der Waals surface area contributed by atoms with Gasteiger partial charge in [-0.3, -0.25) is 17.9 Å². The molecule has 0 aliphatic carbocycles. The average Bonchev–Trinajstić information content (AvgIpc) is 3.84. The first kappa shape index (κ1) is 26.0. The largest absolute Gasteiger partial charge is 0.458 e. The molecule has 8 heteroatoms. The van der Waals surface area contributed by atoms with Crippen molar-refractivity contribution in [3.63, 3.8) is 0 Å². The highest BCUT2D eigenvalue weighted by Crippen LogP contribution is 2.36. The molecule has 0 amide bonds. The van der Waals surface area contributed by atoms with Crippen molar-refractivity contribution in [3.05, 3.63) is 133 Å². The van der Waals surface area contributed by atoms with Gasteiger partial charge in [0.2, 0.25) is 11.6 Å². The number of para-hydroxylation sites is 8. The van der Waals surface area contributed by atoms with Crippen LogP contribution in [0.3, 0.4) is 0 Å². The maximum Gasteiger partial charge on any atom is 0.220 e. The Bertz CT molecular complexity index is 2980. The Morgan fingerprint density at radius 2 is 0.938 bits per heavy atom. The SMILES string of the molecule is C[Si]1(C)c2ccc(-n3c4ccccc4n4c5ccccc5nc34)cc2Oc2ccc(-n3c4ccccc4n4c5ccccc5nc34)cc21. The smallest absolute Gasteiger partial charge is 0.220 e. The molecular formula is C40H28N6OSi. The van der Waals surface area contributed by atoms with Gasteiger partial charge in [-0.15, -0.1) is 0 Å². The van der Waals surface area contributed by atoms with Crippen molar-refractivity contribution in [2.45, 2.75) is 13.1 Å². The Balaban J connectivity index is 1.08. The van der Waals surface area contributed by atoms with Crippen molar-refractivity contribution in [1.29, 1.82) is 0 Å². The third-order valence-electron chi connectivity index (χ3n) is 10.2. The van der Waals surface area contributed by atoms with E-state index in [0.717, 1.165) is 78.6 Å². The number of ether oxygens (including phenoxy) is 1. The second kappa shape index (κ2) is 9.02. The van der Waals surface area contributed by atoms with Gasteiger partial charge in [0.15, 0.2) is 0 Å². The van der Waals surface area contributed by atoms with Gasteiger partial charge < -0.3 is 4.74 Å². The molecule has 0 N–H and O–H groups in total. The van der Waals surface area contributed by atoms with Crippen LogP contribution in [0.15, 0.2) is 133 Å². The van der Waals surface area contributed by atoms with Gasteiger partial charge in [-0.25, -0.2) is 9.97 Å². The minimum absolute atomic E-state index is 0.895. The van der Waals surface area contributed by atoms with Gasteiger partial charge in [0, 0.05) is 11.8 Å². The Kier molecular flexibility index (Phi) is 4.89. The normalized spacial score (nSPS) is 14.0. The molecule has 0 spiro atoms. The van der Waals surface area contributed by atoms with E-state index in [1.807, 2.05) is 12.1 Å². The number of benzene rings is 6. The predicted octanol–water partition coefficient (Wildman–Crippen LogP) is 8.10. The third kappa shape index (κ3) is 3.26. The number of nitrogens with zero attached hydrogens (tertiary/aromatic N) is 6. The number of hydrogen-bond donors (Lipinski definition) is 0.